The highest BCUT2D eigenvalue weighted by molar-refractivity contribution is 5.79. The van der Waals surface area contributed by atoms with Gasteiger partial charge in [0.25, 0.3) is 0 Å². The molecule has 1 unspecified atom stereocenters. The molecule has 3 saturated heterocycles. The Bertz CT molecular complexity index is 652. The lowest BCUT2D eigenvalue weighted by Gasteiger charge is -2.49. The van der Waals surface area contributed by atoms with E-state index in [1.165, 1.54) is 6.42 Å². The van der Waals surface area contributed by atoms with Crippen molar-refractivity contribution in [3.63, 3.8) is 0 Å². The molecule has 1 aromatic rings. The monoisotopic (exact) mass is 361 g/mol. The minimum atomic E-state index is -0.786. The quantitative estimate of drug-likeness (QED) is 0.873. The molecule has 3 aliphatic heterocycles. The number of piperidine rings is 3. The van der Waals surface area contributed by atoms with Crippen LogP contribution in [-0.4, -0.2) is 69.0 Å². The molecular weight excluding hydrogens is 330 g/mol. The second-order valence-corrected chi connectivity index (χ2v) is 8.69. The molecule has 144 valence electrons. The molecule has 0 radical (unpaired) electrons. The van der Waals surface area contributed by atoms with Crippen LogP contribution in [0, 0.1) is 11.8 Å². The molecule has 4 atom stereocenters. The van der Waals surface area contributed by atoms with Crippen LogP contribution in [0.25, 0.3) is 0 Å². The summed E-state index contributed by atoms with van der Waals surface area (Å²) < 4.78 is 1.90. The number of nitrogens with zero attached hydrogens (tertiary/aromatic N) is 5. The van der Waals surface area contributed by atoms with Crippen molar-refractivity contribution in [1.29, 1.82) is 0 Å². The van der Waals surface area contributed by atoms with Crippen molar-refractivity contribution < 1.29 is 9.90 Å². The predicted molar refractivity (Wildman–Crippen MR) is 97.3 cm³/mol. The lowest BCUT2D eigenvalue weighted by Crippen LogP contribution is -2.57. The van der Waals surface area contributed by atoms with Crippen LogP contribution in [-0.2, 0) is 16.9 Å². The molecule has 1 aromatic heterocycles. The fraction of sp³-hybridized carbons (Fsp3) is 0.842. The van der Waals surface area contributed by atoms with E-state index in [0.717, 1.165) is 63.9 Å². The minimum absolute atomic E-state index is 0.143. The summed E-state index contributed by atoms with van der Waals surface area (Å²) in [5.74, 6) is 0.885. The van der Waals surface area contributed by atoms with Crippen molar-refractivity contribution in [2.45, 2.75) is 63.1 Å². The lowest BCUT2D eigenvalue weighted by atomic mass is 9.75. The number of hydrogen-bond donors (Lipinski definition) is 1. The summed E-state index contributed by atoms with van der Waals surface area (Å²) in [6.45, 7) is 2.72. The Hall–Kier alpha value is -1.47. The van der Waals surface area contributed by atoms with Gasteiger partial charge in [0.05, 0.1) is 18.7 Å². The molecule has 0 aromatic carbocycles. The smallest absolute Gasteiger partial charge is 0.226 e. The zero-order chi connectivity index (χ0) is 18.3. The molecule has 1 aliphatic carbocycles. The molecule has 1 N–H and O–H groups in total. The molecule has 7 nitrogen and oxygen atoms in total. The predicted octanol–water partition coefficient (Wildman–Crippen LogP) is 1.23. The van der Waals surface area contributed by atoms with Gasteiger partial charge in [0.2, 0.25) is 5.91 Å². The van der Waals surface area contributed by atoms with Crippen molar-refractivity contribution in [1.82, 2.24) is 24.8 Å². The molecule has 2 bridgehead atoms. The SMILES string of the molecule is CN(C)C(=O)[C@H]1CN2CC[C@H]1C[C@@H]2Cn1cc(C2(O)CCCCC2)nn1. The third-order valence-corrected chi connectivity index (χ3v) is 6.73. The molecule has 1 saturated carbocycles. The van der Waals surface area contributed by atoms with Crippen LogP contribution >= 0.6 is 0 Å². The van der Waals surface area contributed by atoms with Crippen LogP contribution in [0.15, 0.2) is 6.20 Å². The first-order valence-electron chi connectivity index (χ1n) is 10.0. The van der Waals surface area contributed by atoms with Gasteiger partial charge in [-0.2, -0.15) is 0 Å². The highest BCUT2D eigenvalue weighted by atomic mass is 16.3. The van der Waals surface area contributed by atoms with E-state index < -0.39 is 5.60 Å². The van der Waals surface area contributed by atoms with E-state index in [0.29, 0.717) is 12.0 Å². The van der Waals surface area contributed by atoms with Crippen molar-refractivity contribution in [2.75, 3.05) is 27.2 Å². The Morgan fingerprint density at radius 1 is 1.35 bits per heavy atom. The summed E-state index contributed by atoms with van der Waals surface area (Å²) >= 11 is 0. The van der Waals surface area contributed by atoms with Crippen molar-refractivity contribution in [3.05, 3.63) is 11.9 Å². The molecule has 0 spiro atoms. The fourth-order valence-electron chi connectivity index (χ4n) is 5.15. The number of fused-ring (bicyclic) bond motifs is 3. The Morgan fingerprint density at radius 2 is 2.12 bits per heavy atom. The topological polar surface area (TPSA) is 74.5 Å². The summed E-state index contributed by atoms with van der Waals surface area (Å²) in [5.41, 5.74) is -0.0557. The number of carbonyl (C=O) groups excluding carboxylic acids is 1. The first-order valence-corrected chi connectivity index (χ1v) is 10.0. The van der Waals surface area contributed by atoms with Gasteiger partial charge in [-0.3, -0.25) is 14.4 Å². The van der Waals surface area contributed by atoms with Crippen LogP contribution in [0.4, 0.5) is 0 Å². The normalized spacial score (nSPS) is 33.2. The van der Waals surface area contributed by atoms with E-state index in [4.69, 9.17) is 0 Å². The zero-order valence-corrected chi connectivity index (χ0v) is 16.0. The molecule has 26 heavy (non-hydrogen) atoms. The average Bonchev–Trinajstić information content (AvgIpc) is 3.11. The largest absolute Gasteiger partial charge is 0.383 e. The molecule has 4 fully saturated rings. The number of amides is 1. The first-order chi connectivity index (χ1) is 12.5. The number of aromatic nitrogens is 3. The molecular formula is C19H31N5O2. The Labute approximate surface area is 155 Å². The highest BCUT2D eigenvalue weighted by Gasteiger charge is 2.44. The molecule has 1 amide bonds. The summed E-state index contributed by atoms with van der Waals surface area (Å²) in [4.78, 5) is 16.6. The van der Waals surface area contributed by atoms with Crippen LogP contribution in [0.1, 0.15) is 50.6 Å². The third-order valence-electron chi connectivity index (χ3n) is 6.73. The molecule has 7 heteroatoms. The third kappa shape index (κ3) is 3.27. The van der Waals surface area contributed by atoms with Crippen LogP contribution < -0.4 is 0 Å². The summed E-state index contributed by atoms with van der Waals surface area (Å²) in [6.07, 6.45) is 8.99. The Kier molecular flexibility index (Phi) is 4.77. The van der Waals surface area contributed by atoms with Crippen LogP contribution in [0.5, 0.6) is 0 Å². The maximum Gasteiger partial charge on any atom is 0.226 e. The molecule has 4 heterocycles. The van der Waals surface area contributed by atoms with E-state index in [1.807, 2.05) is 25.0 Å². The van der Waals surface area contributed by atoms with E-state index in [-0.39, 0.29) is 11.8 Å². The summed E-state index contributed by atoms with van der Waals surface area (Å²) in [5, 5.41) is 19.4. The number of aliphatic hydroxyl groups is 1. The van der Waals surface area contributed by atoms with Gasteiger partial charge < -0.3 is 10.0 Å². The summed E-state index contributed by atoms with van der Waals surface area (Å²) in [6, 6.07) is 0.413. The van der Waals surface area contributed by atoms with Crippen molar-refractivity contribution >= 4 is 5.91 Å². The van der Waals surface area contributed by atoms with E-state index in [2.05, 4.69) is 15.2 Å². The molecule has 4 aliphatic rings. The summed E-state index contributed by atoms with van der Waals surface area (Å²) in [7, 11) is 3.70. The standard InChI is InChI=1S/C19H31N5O2/c1-22(2)18(25)16-12-23-9-6-14(16)10-15(23)11-24-13-17(20-21-24)19(26)7-4-3-5-8-19/h13-16,26H,3-12H2,1-2H3/t14-,15+,16-/m0/s1. The van der Waals surface area contributed by atoms with Gasteiger partial charge >= 0.3 is 0 Å². The van der Waals surface area contributed by atoms with Gasteiger partial charge in [-0.1, -0.05) is 24.5 Å². The van der Waals surface area contributed by atoms with Crippen molar-refractivity contribution in [3.8, 4) is 0 Å². The van der Waals surface area contributed by atoms with Gasteiger partial charge in [0, 0.05) is 26.7 Å². The molecule has 5 rings (SSSR count). The number of rotatable bonds is 4. The number of hydrogen-bond acceptors (Lipinski definition) is 5. The highest BCUT2D eigenvalue weighted by Crippen LogP contribution is 2.38. The van der Waals surface area contributed by atoms with Crippen LogP contribution in [0.3, 0.4) is 0 Å². The van der Waals surface area contributed by atoms with E-state index >= 15 is 0 Å². The Balaban J connectivity index is 1.41. The second kappa shape index (κ2) is 6.93. The van der Waals surface area contributed by atoms with Gasteiger partial charge in [-0.25, -0.2) is 0 Å². The van der Waals surface area contributed by atoms with E-state index in [9.17, 15) is 9.90 Å². The van der Waals surface area contributed by atoms with E-state index in [1.54, 1.807) is 4.90 Å². The zero-order valence-electron chi connectivity index (χ0n) is 16.0. The lowest BCUT2D eigenvalue weighted by molar-refractivity contribution is -0.141. The van der Waals surface area contributed by atoms with Gasteiger partial charge in [-0.05, 0) is 38.1 Å². The average molecular weight is 361 g/mol. The van der Waals surface area contributed by atoms with Crippen molar-refractivity contribution in [2.24, 2.45) is 11.8 Å². The van der Waals surface area contributed by atoms with Gasteiger partial charge in [0.15, 0.2) is 0 Å². The fourth-order valence-corrected chi connectivity index (χ4v) is 5.15. The number of carbonyl (C=O) groups is 1. The van der Waals surface area contributed by atoms with Gasteiger partial charge in [0.1, 0.15) is 11.3 Å². The minimum Gasteiger partial charge on any atom is -0.383 e. The Morgan fingerprint density at radius 3 is 2.77 bits per heavy atom. The van der Waals surface area contributed by atoms with Gasteiger partial charge in [-0.15, -0.1) is 5.10 Å². The van der Waals surface area contributed by atoms with Crippen LogP contribution in [0.2, 0.25) is 0 Å². The first kappa shape index (κ1) is 17.9. The maximum atomic E-state index is 12.4. The second-order valence-electron chi connectivity index (χ2n) is 8.69. The maximum absolute atomic E-state index is 12.4.